The smallest absolute Gasteiger partial charge is 0.348 e. The van der Waals surface area contributed by atoms with Crippen LogP contribution in [0.5, 0.6) is 0 Å². The minimum absolute atomic E-state index is 0.0968. The third-order valence-electron chi connectivity index (χ3n) is 3.37. The van der Waals surface area contributed by atoms with Gasteiger partial charge in [0.1, 0.15) is 18.3 Å². The van der Waals surface area contributed by atoms with Crippen molar-refractivity contribution in [2.75, 3.05) is 20.0 Å². The van der Waals surface area contributed by atoms with E-state index in [0.717, 1.165) is 11.8 Å². The van der Waals surface area contributed by atoms with E-state index >= 15 is 0 Å². The Morgan fingerprint density at radius 1 is 1.60 bits per heavy atom. The zero-order valence-electron chi connectivity index (χ0n) is 11.3. The summed E-state index contributed by atoms with van der Waals surface area (Å²) < 4.78 is 10.2. The summed E-state index contributed by atoms with van der Waals surface area (Å²) in [6.45, 7) is -0.700. The predicted molar refractivity (Wildman–Crippen MR) is 70.8 cm³/mol. The normalized spacial score (nSPS) is 37.2. The predicted octanol–water partition coefficient (Wildman–Crippen LogP) is -2.59. The number of methoxy groups -OCH3 is 1. The molecule has 20 heavy (non-hydrogen) atoms. The summed E-state index contributed by atoms with van der Waals surface area (Å²) >= 11 is 1.00. The number of aliphatic hydroxyl groups excluding tert-OH is 4. The molecule has 8 nitrogen and oxygen atoms in total. The van der Waals surface area contributed by atoms with Crippen LogP contribution < -0.4 is 5.73 Å². The summed E-state index contributed by atoms with van der Waals surface area (Å²) in [5.41, 5.74) is 5.74. The van der Waals surface area contributed by atoms with Gasteiger partial charge in [0.25, 0.3) is 0 Å². The van der Waals surface area contributed by atoms with Crippen LogP contribution in [-0.4, -0.2) is 81.8 Å². The maximum atomic E-state index is 11.9. The molecular formula is C11H21NO7S. The van der Waals surface area contributed by atoms with Crippen LogP contribution >= 0.6 is 11.8 Å². The van der Waals surface area contributed by atoms with Gasteiger partial charge in [-0.1, -0.05) is 0 Å². The van der Waals surface area contributed by atoms with Crippen molar-refractivity contribution in [3.63, 3.8) is 0 Å². The Labute approximate surface area is 120 Å². The third-order valence-corrected chi connectivity index (χ3v) is 4.46. The molecule has 9 heteroatoms. The van der Waals surface area contributed by atoms with Crippen LogP contribution in [0.1, 0.15) is 6.42 Å². The number of carbonyl (C=O) groups excluding carboxylic acids is 1. The highest BCUT2D eigenvalue weighted by molar-refractivity contribution is 8.00. The Bertz CT molecular complexity index is 345. The van der Waals surface area contributed by atoms with E-state index in [4.69, 9.17) is 15.6 Å². The number of ether oxygens (including phenoxy) is 2. The molecule has 0 saturated carbocycles. The van der Waals surface area contributed by atoms with Gasteiger partial charge in [-0.15, -0.1) is 11.8 Å². The third kappa shape index (κ3) is 3.25. The largest absolute Gasteiger partial charge is 0.466 e. The highest BCUT2D eigenvalue weighted by Gasteiger charge is 2.53. The lowest BCUT2D eigenvalue weighted by atomic mass is 9.90. The molecule has 0 unspecified atom stereocenters. The van der Waals surface area contributed by atoms with Crippen molar-refractivity contribution in [1.82, 2.24) is 0 Å². The number of nitrogens with two attached hydrogens (primary N) is 1. The molecule has 0 amide bonds. The quantitative estimate of drug-likeness (QED) is 0.346. The fourth-order valence-corrected chi connectivity index (χ4v) is 2.90. The molecule has 1 heterocycles. The topological polar surface area (TPSA) is 142 Å². The second-order valence-corrected chi connectivity index (χ2v) is 5.69. The molecule has 0 aromatic carbocycles. The standard InChI is InChI=1S/C11H21NO7S/c1-18-10(17)11(20-2)3-5(14)7(12)9(19-11)8(16)6(15)4-13/h5-9,13-16H,3-4,12H2,1-2H3/t5-,6+,7+,8+,9+,11+/m0/s1. The first-order valence-corrected chi connectivity index (χ1v) is 7.27. The highest BCUT2D eigenvalue weighted by atomic mass is 32.2. The van der Waals surface area contributed by atoms with Crippen molar-refractivity contribution in [2.24, 2.45) is 5.73 Å². The van der Waals surface area contributed by atoms with Gasteiger partial charge >= 0.3 is 5.97 Å². The fraction of sp³-hybridized carbons (Fsp3) is 0.909. The summed E-state index contributed by atoms with van der Waals surface area (Å²) in [6, 6.07) is -1.00. The first-order chi connectivity index (χ1) is 9.32. The maximum Gasteiger partial charge on any atom is 0.348 e. The zero-order chi connectivity index (χ0) is 15.5. The van der Waals surface area contributed by atoms with Crippen LogP contribution in [-0.2, 0) is 14.3 Å². The molecule has 0 aliphatic carbocycles. The van der Waals surface area contributed by atoms with Gasteiger partial charge in [0, 0.05) is 6.42 Å². The summed E-state index contributed by atoms with van der Waals surface area (Å²) in [5.74, 6) is -0.716. The van der Waals surface area contributed by atoms with Crippen LogP contribution in [0.25, 0.3) is 0 Å². The number of hydrogen-bond acceptors (Lipinski definition) is 9. The van der Waals surface area contributed by atoms with E-state index in [0.29, 0.717) is 0 Å². The van der Waals surface area contributed by atoms with E-state index in [9.17, 15) is 20.1 Å². The van der Waals surface area contributed by atoms with Crippen molar-refractivity contribution >= 4 is 17.7 Å². The Balaban J connectivity index is 3.02. The molecule has 1 aliphatic heterocycles. The van der Waals surface area contributed by atoms with Crippen LogP contribution in [0, 0.1) is 0 Å². The maximum absolute atomic E-state index is 11.9. The van der Waals surface area contributed by atoms with Crippen LogP contribution in [0.3, 0.4) is 0 Å². The molecular weight excluding hydrogens is 290 g/mol. The Kier molecular flexibility index (Phi) is 6.20. The molecule has 1 saturated heterocycles. The first kappa shape index (κ1) is 17.6. The van der Waals surface area contributed by atoms with Crippen molar-refractivity contribution < 1.29 is 34.7 Å². The van der Waals surface area contributed by atoms with Gasteiger partial charge in [0.2, 0.25) is 4.93 Å². The lowest BCUT2D eigenvalue weighted by Gasteiger charge is -2.45. The number of hydrogen-bond donors (Lipinski definition) is 5. The summed E-state index contributed by atoms with van der Waals surface area (Å²) in [4.78, 5) is 10.4. The number of carbonyl (C=O) groups is 1. The van der Waals surface area contributed by atoms with E-state index in [1.54, 1.807) is 6.26 Å². The average molecular weight is 311 g/mol. The molecule has 118 valence electrons. The molecule has 0 spiro atoms. The number of thioether (sulfide) groups is 1. The number of esters is 1. The summed E-state index contributed by atoms with van der Waals surface area (Å²) in [7, 11) is 1.18. The molecule has 0 aromatic rings. The van der Waals surface area contributed by atoms with Crippen LogP contribution in [0.2, 0.25) is 0 Å². The fourth-order valence-electron chi connectivity index (χ4n) is 2.10. The number of aliphatic hydroxyl groups is 4. The molecule has 1 fully saturated rings. The summed E-state index contributed by atoms with van der Waals surface area (Å²) in [5, 5.41) is 38.3. The molecule has 0 bridgehead atoms. The van der Waals surface area contributed by atoms with Crippen molar-refractivity contribution in [2.45, 2.75) is 41.8 Å². The van der Waals surface area contributed by atoms with Gasteiger partial charge in [-0.2, -0.15) is 0 Å². The van der Waals surface area contributed by atoms with Gasteiger partial charge < -0.3 is 35.6 Å². The molecule has 0 radical (unpaired) electrons. The molecule has 1 rings (SSSR count). The van der Waals surface area contributed by atoms with Crippen LogP contribution in [0.15, 0.2) is 0 Å². The Hall–Kier alpha value is -0.420. The van der Waals surface area contributed by atoms with Gasteiger partial charge in [-0.25, -0.2) is 4.79 Å². The Morgan fingerprint density at radius 2 is 2.20 bits per heavy atom. The summed E-state index contributed by atoms with van der Waals surface area (Å²) in [6.07, 6.45) is -3.88. The lowest BCUT2D eigenvalue weighted by Crippen LogP contribution is -2.64. The molecule has 0 aromatic heterocycles. The van der Waals surface area contributed by atoms with E-state index in [1.807, 2.05) is 0 Å². The SMILES string of the molecule is COC(=O)[C@]1(SC)C[C@H](O)[C@@H](N)[C@H]([C@H](O)[C@H](O)CO)O1. The lowest BCUT2D eigenvalue weighted by molar-refractivity contribution is -0.203. The average Bonchev–Trinajstić information content (AvgIpc) is 2.47. The van der Waals surface area contributed by atoms with Crippen molar-refractivity contribution in [3.05, 3.63) is 0 Å². The minimum Gasteiger partial charge on any atom is -0.466 e. The highest BCUT2D eigenvalue weighted by Crippen LogP contribution is 2.39. The monoisotopic (exact) mass is 311 g/mol. The van der Waals surface area contributed by atoms with E-state index in [1.165, 1.54) is 7.11 Å². The second kappa shape index (κ2) is 7.03. The first-order valence-electron chi connectivity index (χ1n) is 6.05. The van der Waals surface area contributed by atoms with E-state index in [-0.39, 0.29) is 6.42 Å². The Morgan fingerprint density at radius 3 is 2.65 bits per heavy atom. The number of rotatable bonds is 5. The molecule has 6 N–H and O–H groups in total. The zero-order valence-corrected chi connectivity index (χ0v) is 12.1. The van der Waals surface area contributed by atoms with Gasteiger partial charge in [-0.05, 0) is 6.26 Å². The van der Waals surface area contributed by atoms with Gasteiger partial charge in [0.15, 0.2) is 0 Å². The van der Waals surface area contributed by atoms with Crippen molar-refractivity contribution in [1.29, 1.82) is 0 Å². The molecule has 1 aliphatic rings. The second-order valence-electron chi connectivity index (χ2n) is 4.62. The van der Waals surface area contributed by atoms with Gasteiger partial charge in [-0.3, -0.25) is 0 Å². The van der Waals surface area contributed by atoms with Crippen LogP contribution in [0.4, 0.5) is 0 Å². The van der Waals surface area contributed by atoms with Crippen molar-refractivity contribution in [3.8, 4) is 0 Å². The molecule has 6 atom stereocenters. The van der Waals surface area contributed by atoms with E-state index in [2.05, 4.69) is 4.74 Å². The van der Waals surface area contributed by atoms with E-state index < -0.39 is 48.0 Å². The minimum atomic E-state index is -1.54. The van der Waals surface area contributed by atoms with Gasteiger partial charge in [0.05, 0.1) is 25.9 Å².